The molecule has 8 heteroatoms. The lowest BCUT2D eigenvalue weighted by Crippen LogP contribution is -2.49. The molecule has 7 nitrogen and oxygen atoms in total. The van der Waals surface area contributed by atoms with E-state index in [-0.39, 0.29) is 24.8 Å². The van der Waals surface area contributed by atoms with Crippen molar-refractivity contribution < 1.29 is 19.1 Å². The second-order valence-electron chi connectivity index (χ2n) is 10.8. The number of rotatable bonds is 7. The summed E-state index contributed by atoms with van der Waals surface area (Å²) in [6.07, 6.45) is 1.33. The lowest BCUT2D eigenvalue weighted by Gasteiger charge is -2.27. The van der Waals surface area contributed by atoms with Crippen molar-refractivity contribution in [1.82, 2.24) is 5.32 Å². The van der Waals surface area contributed by atoms with Crippen LogP contribution in [-0.4, -0.2) is 28.5 Å². The van der Waals surface area contributed by atoms with Gasteiger partial charge in [-0.15, -0.1) is 0 Å². The summed E-state index contributed by atoms with van der Waals surface area (Å²) in [6, 6.07) is 20.7. The van der Waals surface area contributed by atoms with E-state index >= 15 is 0 Å². The average molecular weight is 591 g/mol. The van der Waals surface area contributed by atoms with Crippen molar-refractivity contribution in [3.05, 3.63) is 87.9 Å². The summed E-state index contributed by atoms with van der Waals surface area (Å²) in [5.74, 6) is 0.270. The first kappa shape index (κ1) is 27.1. The van der Waals surface area contributed by atoms with Crippen molar-refractivity contribution in [1.29, 1.82) is 0 Å². The van der Waals surface area contributed by atoms with Crippen molar-refractivity contribution in [3.8, 4) is 11.3 Å². The van der Waals surface area contributed by atoms with Crippen LogP contribution in [0.2, 0.25) is 0 Å². The van der Waals surface area contributed by atoms with Crippen molar-refractivity contribution in [2.75, 3.05) is 4.90 Å². The van der Waals surface area contributed by atoms with Gasteiger partial charge in [-0.3, -0.25) is 9.59 Å². The van der Waals surface area contributed by atoms with Crippen LogP contribution in [0.1, 0.15) is 43.4 Å². The van der Waals surface area contributed by atoms with E-state index in [0.717, 1.165) is 37.8 Å². The number of benzene rings is 3. The number of para-hydroxylation sites is 1. The number of nitrogens with one attached hydrogen (secondary N) is 1. The number of furan rings is 1. The molecule has 1 aliphatic rings. The molecule has 0 unspecified atom stereocenters. The number of aliphatic hydroxyl groups excluding tert-OH is 1. The SMILES string of the molecule is CC(C)(N)CC(=O)N[C@@H]1CCc2ccccc2N(Cc2ccc3oc(-c4ccccc4CO)c(Br)c3c2)C1=O. The summed E-state index contributed by atoms with van der Waals surface area (Å²) in [4.78, 5) is 28.3. The Morgan fingerprint density at radius 1 is 1.15 bits per heavy atom. The predicted octanol–water partition coefficient (Wildman–Crippen LogP) is 5.45. The molecular weight excluding hydrogens is 558 g/mol. The molecule has 202 valence electrons. The highest BCUT2D eigenvalue weighted by Gasteiger charge is 2.32. The third-order valence-corrected chi connectivity index (χ3v) is 7.75. The minimum atomic E-state index is -0.662. The average Bonchev–Trinajstić information content (AvgIpc) is 3.17. The molecule has 1 aromatic heterocycles. The monoisotopic (exact) mass is 589 g/mol. The third kappa shape index (κ3) is 5.78. The minimum absolute atomic E-state index is 0.0954. The number of amides is 2. The van der Waals surface area contributed by atoms with Gasteiger partial charge in [0.2, 0.25) is 11.8 Å². The number of hydrogen-bond donors (Lipinski definition) is 3. The van der Waals surface area contributed by atoms with Crippen molar-refractivity contribution in [3.63, 3.8) is 0 Å². The topological polar surface area (TPSA) is 109 Å². The summed E-state index contributed by atoms with van der Waals surface area (Å²) >= 11 is 3.71. The number of halogens is 1. The highest BCUT2D eigenvalue weighted by Crippen LogP contribution is 2.40. The minimum Gasteiger partial charge on any atom is -0.455 e. The molecule has 4 N–H and O–H groups in total. The number of carbonyl (C=O) groups excluding carboxylic acids is 2. The predicted molar refractivity (Wildman–Crippen MR) is 156 cm³/mol. The fraction of sp³-hybridized carbons (Fsp3) is 0.290. The van der Waals surface area contributed by atoms with Crippen LogP contribution in [0.15, 0.2) is 75.6 Å². The second-order valence-corrected chi connectivity index (χ2v) is 11.6. The van der Waals surface area contributed by atoms with E-state index in [0.29, 0.717) is 30.7 Å². The zero-order valence-electron chi connectivity index (χ0n) is 22.0. The Morgan fingerprint density at radius 3 is 2.67 bits per heavy atom. The maximum atomic E-state index is 13.8. The molecular formula is C31H32BrN3O4. The summed E-state index contributed by atoms with van der Waals surface area (Å²) in [6.45, 7) is 3.83. The molecule has 0 saturated carbocycles. The first-order valence-electron chi connectivity index (χ1n) is 13.0. The van der Waals surface area contributed by atoms with Gasteiger partial charge in [0.1, 0.15) is 17.4 Å². The Morgan fingerprint density at radius 2 is 1.90 bits per heavy atom. The maximum absolute atomic E-state index is 13.8. The quantitative estimate of drug-likeness (QED) is 0.266. The van der Waals surface area contributed by atoms with E-state index in [9.17, 15) is 14.7 Å². The summed E-state index contributed by atoms with van der Waals surface area (Å²) < 4.78 is 6.96. The standard InChI is InChI=1S/C31H32BrN3O4/c1-31(2,33)16-27(37)34-24-13-12-20-7-4-6-10-25(20)35(30(24)38)17-19-11-14-26-23(15-19)28(32)29(39-26)22-9-5-3-8-21(22)18-36/h3-11,14-15,24,36H,12-13,16-18,33H2,1-2H3,(H,34,37)/t24-/m1/s1. The van der Waals surface area contributed by atoms with Crippen LogP contribution < -0.4 is 16.0 Å². The van der Waals surface area contributed by atoms with Gasteiger partial charge in [-0.05, 0) is 77.5 Å². The van der Waals surface area contributed by atoms with Gasteiger partial charge >= 0.3 is 0 Å². The Balaban J connectivity index is 1.47. The van der Waals surface area contributed by atoms with Crippen molar-refractivity contribution in [2.24, 2.45) is 5.73 Å². The van der Waals surface area contributed by atoms with Crippen LogP contribution in [0.25, 0.3) is 22.3 Å². The molecule has 5 rings (SSSR count). The number of fused-ring (bicyclic) bond motifs is 2. The highest BCUT2D eigenvalue weighted by atomic mass is 79.9. The van der Waals surface area contributed by atoms with E-state index < -0.39 is 11.6 Å². The van der Waals surface area contributed by atoms with Crippen LogP contribution in [-0.2, 0) is 29.2 Å². The molecule has 0 spiro atoms. The molecule has 0 bridgehead atoms. The molecule has 1 atom stereocenters. The van der Waals surface area contributed by atoms with E-state index in [4.69, 9.17) is 10.2 Å². The van der Waals surface area contributed by atoms with Gasteiger partial charge in [0, 0.05) is 28.6 Å². The molecule has 1 aliphatic heterocycles. The van der Waals surface area contributed by atoms with Gasteiger partial charge in [0.05, 0.1) is 17.6 Å². The molecule has 39 heavy (non-hydrogen) atoms. The normalized spacial score (nSPS) is 15.8. The van der Waals surface area contributed by atoms with Crippen LogP contribution in [0.5, 0.6) is 0 Å². The van der Waals surface area contributed by atoms with Gasteiger partial charge in [-0.25, -0.2) is 0 Å². The van der Waals surface area contributed by atoms with Crippen LogP contribution in [0.3, 0.4) is 0 Å². The van der Waals surface area contributed by atoms with Crippen LogP contribution in [0.4, 0.5) is 5.69 Å². The fourth-order valence-corrected chi connectivity index (χ4v) is 5.72. The van der Waals surface area contributed by atoms with Gasteiger partial charge < -0.3 is 25.5 Å². The fourth-order valence-electron chi connectivity index (χ4n) is 5.12. The van der Waals surface area contributed by atoms with E-state index in [2.05, 4.69) is 21.2 Å². The van der Waals surface area contributed by atoms with Crippen molar-refractivity contribution >= 4 is 44.4 Å². The number of aliphatic hydroxyl groups is 1. The summed E-state index contributed by atoms with van der Waals surface area (Å²) in [5, 5.41) is 13.6. The Labute approximate surface area is 236 Å². The molecule has 0 aliphatic carbocycles. The summed E-state index contributed by atoms with van der Waals surface area (Å²) in [5.41, 5.74) is 10.5. The van der Waals surface area contributed by atoms with Gasteiger partial charge in [0.15, 0.2) is 0 Å². The molecule has 0 radical (unpaired) electrons. The molecule has 4 aromatic rings. The number of nitrogens with zero attached hydrogens (tertiary/aromatic N) is 1. The number of nitrogens with two attached hydrogens (primary N) is 1. The van der Waals surface area contributed by atoms with Crippen LogP contribution >= 0.6 is 15.9 Å². The van der Waals surface area contributed by atoms with E-state index in [1.165, 1.54) is 0 Å². The Hall–Kier alpha value is -3.46. The van der Waals surface area contributed by atoms with Crippen LogP contribution in [0, 0.1) is 0 Å². The van der Waals surface area contributed by atoms with E-state index in [1.54, 1.807) is 18.7 Å². The molecule has 2 heterocycles. The number of hydrogen-bond acceptors (Lipinski definition) is 5. The zero-order valence-corrected chi connectivity index (χ0v) is 23.6. The van der Waals surface area contributed by atoms with Crippen molar-refractivity contribution in [2.45, 2.75) is 57.8 Å². The molecule has 0 saturated heterocycles. The number of anilines is 1. The van der Waals surface area contributed by atoms with Gasteiger partial charge in [-0.1, -0.05) is 48.5 Å². The number of aryl methyl sites for hydroxylation is 1. The first-order valence-corrected chi connectivity index (χ1v) is 13.8. The zero-order chi connectivity index (χ0) is 27.7. The Kier molecular flexibility index (Phi) is 7.62. The molecule has 3 aromatic carbocycles. The lowest BCUT2D eigenvalue weighted by atomic mass is 10.0. The smallest absolute Gasteiger partial charge is 0.249 e. The number of carbonyl (C=O) groups is 2. The summed E-state index contributed by atoms with van der Waals surface area (Å²) in [7, 11) is 0. The Bertz CT molecular complexity index is 1540. The third-order valence-electron chi connectivity index (χ3n) is 6.97. The van der Waals surface area contributed by atoms with E-state index in [1.807, 2.05) is 66.7 Å². The van der Waals surface area contributed by atoms with Gasteiger partial charge in [0.25, 0.3) is 0 Å². The first-order chi connectivity index (χ1) is 18.6. The second kappa shape index (κ2) is 11.0. The molecule has 2 amide bonds. The van der Waals surface area contributed by atoms with Gasteiger partial charge in [-0.2, -0.15) is 0 Å². The largest absolute Gasteiger partial charge is 0.455 e. The lowest BCUT2D eigenvalue weighted by molar-refractivity contribution is -0.128. The molecule has 0 fully saturated rings. The highest BCUT2D eigenvalue weighted by molar-refractivity contribution is 9.10. The maximum Gasteiger partial charge on any atom is 0.249 e.